The summed E-state index contributed by atoms with van der Waals surface area (Å²) in [4.78, 5) is 13.9. The molecule has 3 rings (SSSR count). The molecule has 2 N–H and O–H groups in total. The number of hydrogen-bond acceptors (Lipinski definition) is 6. The van der Waals surface area contributed by atoms with Crippen molar-refractivity contribution < 1.29 is 4.74 Å². The van der Waals surface area contributed by atoms with E-state index in [4.69, 9.17) is 10.5 Å². The number of ether oxygens (including phenoxy) is 1. The number of nitrogens with zero attached hydrogens (tertiary/aromatic N) is 3. The molecule has 5 nitrogen and oxygen atoms in total. The monoisotopic (exact) mass is 272 g/mol. The van der Waals surface area contributed by atoms with Gasteiger partial charge in [-0.3, -0.25) is 4.98 Å². The zero-order valence-corrected chi connectivity index (χ0v) is 11.1. The molecule has 3 aromatic heterocycles. The molecule has 0 fully saturated rings. The Bertz CT molecular complexity index is 725. The Morgan fingerprint density at radius 2 is 2.16 bits per heavy atom. The first-order chi connectivity index (χ1) is 9.28. The summed E-state index contributed by atoms with van der Waals surface area (Å²) in [6.45, 7) is 0.430. The highest BCUT2D eigenvalue weighted by molar-refractivity contribution is 7.18. The number of pyridine rings is 2. The molecule has 3 aromatic rings. The van der Waals surface area contributed by atoms with E-state index in [0.717, 1.165) is 27.2 Å². The van der Waals surface area contributed by atoms with Gasteiger partial charge in [-0.1, -0.05) is 11.3 Å². The summed E-state index contributed by atoms with van der Waals surface area (Å²) in [5.41, 5.74) is 8.37. The summed E-state index contributed by atoms with van der Waals surface area (Å²) in [6.07, 6.45) is 3.53. The number of aromatic nitrogens is 3. The highest BCUT2D eigenvalue weighted by atomic mass is 32.1. The zero-order valence-electron chi connectivity index (χ0n) is 10.3. The summed E-state index contributed by atoms with van der Waals surface area (Å²) in [7, 11) is 1.64. The lowest BCUT2D eigenvalue weighted by Crippen LogP contribution is -1.93. The molecule has 19 heavy (non-hydrogen) atoms. The standard InChI is InChI=1S/C13H12N4OS/c1-18-7-11-12(19-13(14)17-11)10-3-2-8-6-15-5-4-9(8)16-10/h2-6H,7H2,1H3,(H2,14,17). The summed E-state index contributed by atoms with van der Waals surface area (Å²) in [5.74, 6) is 0. The van der Waals surface area contributed by atoms with E-state index in [1.807, 2.05) is 18.2 Å². The number of rotatable bonds is 3. The van der Waals surface area contributed by atoms with Crippen molar-refractivity contribution in [2.75, 3.05) is 12.8 Å². The first kappa shape index (κ1) is 12.0. The third-order valence-corrected chi connectivity index (χ3v) is 3.67. The number of fused-ring (bicyclic) bond motifs is 1. The summed E-state index contributed by atoms with van der Waals surface area (Å²) >= 11 is 1.42. The second-order valence-corrected chi connectivity index (χ2v) is 5.06. The van der Waals surface area contributed by atoms with Crippen LogP contribution in [0.5, 0.6) is 0 Å². The predicted molar refractivity (Wildman–Crippen MR) is 75.8 cm³/mol. The van der Waals surface area contributed by atoms with Gasteiger partial charge in [0.2, 0.25) is 0 Å². The molecule has 6 heteroatoms. The fourth-order valence-corrected chi connectivity index (χ4v) is 2.70. The van der Waals surface area contributed by atoms with Crippen LogP contribution in [0.1, 0.15) is 5.69 Å². The van der Waals surface area contributed by atoms with Crippen LogP contribution in [0.15, 0.2) is 30.6 Å². The molecule has 0 unspecified atom stereocenters. The summed E-state index contributed by atoms with van der Waals surface area (Å²) < 4.78 is 5.14. The number of hydrogen-bond donors (Lipinski definition) is 1. The van der Waals surface area contributed by atoms with Crippen LogP contribution in [0.25, 0.3) is 21.5 Å². The lowest BCUT2D eigenvalue weighted by atomic mass is 10.2. The summed E-state index contributed by atoms with van der Waals surface area (Å²) in [5, 5.41) is 1.54. The molecular formula is C13H12N4OS. The highest BCUT2D eigenvalue weighted by Crippen LogP contribution is 2.31. The second kappa shape index (κ2) is 4.91. The van der Waals surface area contributed by atoms with Crippen LogP contribution in [-0.2, 0) is 11.3 Å². The average molecular weight is 272 g/mol. The van der Waals surface area contributed by atoms with Gasteiger partial charge in [-0.2, -0.15) is 0 Å². The van der Waals surface area contributed by atoms with Gasteiger partial charge in [0.05, 0.1) is 28.4 Å². The molecule has 0 radical (unpaired) electrons. The minimum Gasteiger partial charge on any atom is -0.378 e. The number of anilines is 1. The normalized spacial score (nSPS) is 11.0. The maximum Gasteiger partial charge on any atom is 0.180 e. The van der Waals surface area contributed by atoms with E-state index < -0.39 is 0 Å². The molecule has 0 amide bonds. The fraction of sp³-hybridized carbons (Fsp3) is 0.154. The fourth-order valence-electron chi connectivity index (χ4n) is 1.90. The van der Waals surface area contributed by atoms with Crippen molar-refractivity contribution in [1.82, 2.24) is 15.0 Å². The van der Waals surface area contributed by atoms with Crippen LogP contribution in [0.4, 0.5) is 5.13 Å². The van der Waals surface area contributed by atoms with Crippen LogP contribution >= 0.6 is 11.3 Å². The Hall–Kier alpha value is -2.05. The molecule has 0 saturated carbocycles. The third-order valence-electron chi connectivity index (χ3n) is 2.72. The van der Waals surface area contributed by atoms with Gasteiger partial charge in [-0.25, -0.2) is 9.97 Å². The Morgan fingerprint density at radius 1 is 1.26 bits per heavy atom. The minimum atomic E-state index is 0.430. The van der Waals surface area contributed by atoms with Crippen LogP contribution in [0, 0.1) is 0 Å². The predicted octanol–water partition coefficient (Wildman–Crippen LogP) is 2.48. The van der Waals surface area contributed by atoms with Gasteiger partial charge in [0.15, 0.2) is 5.13 Å². The van der Waals surface area contributed by atoms with Crippen molar-refractivity contribution >= 4 is 27.4 Å². The van der Waals surface area contributed by atoms with E-state index in [0.29, 0.717) is 11.7 Å². The minimum absolute atomic E-state index is 0.430. The van der Waals surface area contributed by atoms with Gasteiger partial charge in [0.1, 0.15) is 0 Å². The maximum atomic E-state index is 5.77. The molecule has 3 heterocycles. The zero-order chi connectivity index (χ0) is 13.2. The van der Waals surface area contributed by atoms with Gasteiger partial charge in [-0.05, 0) is 18.2 Å². The van der Waals surface area contributed by atoms with Crippen molar-refractivity contribution in [3.05, 3.63) is 36.3 Å². The molecule has 0 aromatic carbocycles. The lowest BCUT2D eigenvalue weighted by Gasteiger charge is -2.02. The number of thiazole rings is 1. The highest BCUT2D eigenvalue weighted by Gasteiger charge is 2.13. The van der Waals surface area contributed by atoms with Gasteiger partial charge in [0.25, 0.3) is 0 Å². The molecule has 96 valence electrons. The Morgan fingerprint density at radius 3 is 3.00 bits per heavy atom. The third kappa shape index (κ3) is 2.27. The lowest BCUT2D eigenvalue weighted by molar-refractivity contribution is 0.182. The molecule has 0 atom stereocenters. The van der Waals surface area contributed by atoms with Gasteiger partial charge in [-0.15, -0.1) is 0 Å². The van der Waals surface area contributed by atoms with Crippen molar-refractivity contribution in [2.24, 2.45) is 0 Å². The SMILES string of the molecule is COCc1nc(N)sc1-c1ccc2cnccc2n1. The van der Waals surface area contributed by atoms with Gasteiger partial charge < -0.3 is 10.5 Å². The molecule has 0 aliphatic carbocycles. The first-order valence-electron chi connectivity index (χ1n) is 5.73. The summed E-state index contributed by atoms with van der Waals surface area (Å²) in [6, 6.07) is 5.84. The molecule has 0 saturated heterocycles. The van der Waals surface area contributed by atoms with Gasteiger partial charge in [0, 0.05) is 24.9 Å². The molecule has 0 aliphatic heterocycles. The van der Waals surface area contributed by atoms with Crippen LogP contribution in [-0.4, -0.2) is 22.1 Å². The van der Waals surface area contributed by atoms with Crippen LogP contribution < -0.4 is 5.73 Å². The average Bonchev–Trinajstić information content (AvgIpc) is 2.80. The smallest absolute Gasteiger partial charge is 0.180 e. The van der Waals surface area contributed by atoms with Crippen molar-refractivity contribution in [3.63, 3.8) is 0 Å². The Balaban J connectivity index is 2.13. The molecule has 0 aliphatic rings. The Kier molecular flexibility index (Phi) is 3.10. The molecule has 0 spiro atoms. The van der Waals surface area contributed by atoms with Crippen LogP contribution in [0.3, 0.4) is 0 Å². The topological polar surface area (TPSA) is 73.9 Å². The van der Waals surface area contributed by atoms with E-state index >= 15 is 0 Å². The number of nitrogens with two attached hydrogens (primary N) is 1. The van der Waals surface area contributed by atoms with Crippen LogP contribution in [0.2, 0.25) is 0 Å². The van der Waals surface area contributed by atoms with E-state index in [1.165, 1.54) is 11.3 Å². The van der Waals surface area contributed by atoms with E-state index in [-0.39, 0.29) is 0 Å². The van der Waals surface area contributed by atoms with E-state index in [1.54, 1.807) is 19.5 Å². The van der Waals surface area contributed by atoms with Crippen molar-refractivity contribution in [1.29, 1.82) is 0 Å². The Labute approximate surface area is 114 Å². The first-order valence-corrected chi connectivity index (χ1v) is 6.55. The molecule has 0 bridgehead atoms. The molecular weight excluding hydrogens is 260 g/mol. The van der Waals surface area contributed by atoms with Crippen molar-refractivity contribution in [2.45, 2.75) is 6.61 Å². The second-order valence-electron chi connectivity index (χ2n) is 4.03. The number of nitrogen functional groups attached to an aromatic ring is 1. The maximum absolute atomic E-state index is 5.77. The quantitative estimate of drug-likeness (QED) is 0.793. The largest absolute Gasteiger partial charge is 0.378 e. The van der Waals surface area contributed by atoms with E-state index in [9.17, 15) is 0 Å². The van der Waals surface area contributed by atoms with Crippen molar-refractivity contribution in [3.8, 4) is 10.6 Å². The van der Waals surface area contributed by atoms with E-state index in [2.05, 4.69) is 15.0 Å². The van der Waals surface area contributed by atoms with Gasteiger partial charge >= 0.3 is 0 Å². The number of methoxy groups -OCH3 is 1.